The minimum atomic E-state index is 0.121. The van der Waals surface area contributed by atoms with E-state index in [0.717, 1.165) is 82.2 Å². The standard InChI is InChI=1S/C30H29ClN4O/c1-33-14-16-34(17-15-33)29-20-28-22(18-26(29)31)11-13-35(28)30(36)19-21-6-4-8-24-23(21)7-5-9-25(24)27-10-2-3-12-32-27/h2-10,12,18,20H,11,13-17,19H2,1H3. The fourth-order valence-corrected chi connectivity index (χ4v) is 5.78. The van der Waals surface area contributed by atoms with Gasteiger partial charge in [-0.05, 0) is 59.6 Å². The van der Waals surface area contributed by atoms with E-state index in [0.29, 0.717) is 13.0 Å². The maximum Gasteiger partial charge on any atom is 0.231 e. The van der Waals surface area contributed by atoms with Crippen LogP contribution in [0.3, 0.4) is 0 Å². The molecule has 1 fully saturated rings. The number of halogens is 1. The van der Waals surface area contributed by atoms with Crippen LogP contribution in [-0.4, -0.2) is 55.6 Å². The summed E-state index contributed by atoms with van der Waals surface area (Å²) in [6.45, 7) is 4.60. The molecule has 0 spiro atoms. The molecular weight excluding hydrogens is 468 g/mol. The van der Waals surface area contributed by atoms with Gasteiger partial charge in [-0.3, -0.25) is 9.78 Å². The highest BCUT2D eigenvalue weighted by Gasteiger charge is 2.28. The Balaban J connectivity index is 1.30. The molecule has 6 rings (SSSR count). The molecule has 1 aromatic heterocycles. The Hall–Kier alpha value is -3.41. The molecule has 2 aliphatic rings. The minimum absolute atomic E-state index is 0.121. The molecule has 2 aliphatic heterocycles. The fourth-order valence-electron chi connectivity index (χ4n) is 5.48. The van der Waals surface area contributed by atoms with Crippen LogP contribution in [0.15, 0.2) is 72.9 Å². The van der Waals surface area contributed by atoms with Gasteiger partial charge in [0.2, 0.25) is 5.91 Å². The SMILES string of the molecule is CN1CCN(c2cc3c(cc2Cl)CCN3C(=O)Cc2cccc3c(-c4ccccn4)cccc23)CC1. The van der Waals surface area contributed by atoms with Gasteiger partial charge < -0.3 is 14.7 Å². The molecule has 36 heavy (non-hydrogen) atoms. The molecule has 0 saturated carbocycles. The Morgan fingerprint density at radius 3 is 2.50 bits per heavy atom. The van der Waals surface area contributed by atoms with Crippen molar-refractivity contribution in [3.05, 3.63) is 89.1 Å². The van der Waals surface area contributed by atoms with Gasteiger partial charge in [0.25, 0.3) is 0 Å². The van der Waals surface area contributed by atoms with Crippen molar-refractivity contribution in [1.82, 2.24) is 9.88 Å². The summed E-state index contributed by atoms with van der Waals surface area (Å²) in [6.07, 6.45) is 3.01. The molecular formula is C30H29ClN4O. The molecule has 0 atom stereocenters. The van der Waals surface area contributed by atoms with Gasteiger partial charge in [0.1, 0.15) is 0 Å². The predicted molar refractivity (Wildman–Crippen MR) is 148 cm³/mol. The molecule has 0 unspecified atom stereocenters. The number of carbonyl (C=O) groups excluding carboxylic acids is 1. The zero-order chi connectivity index (χ0) is 24.6. The summed E-state index contributed by atoms with van der Waals surface area (Å²) in [7, 11) is 2.15. The molecule has 0 aliphatic carbocycles. The Bertz CT molecular complexity index is 1430. The monoisotopic (exact) mass is 496 g/mol. The Kier molecular flexibility index (Phi) is 6.12. The first kappa shape index (κ1) is 23.0. The lowest BCUT2D eigenvalue weighted by atomic mass is 9.96. The Labute approximate surface area is 216 Å². The largest absolute Gasteiger partial charge is 0.368 e. The predicted octanol–water partition coefficient (Wildman–Crippen LogP) is 5.44. The molecule has 3 aromatic carbocycles. The van der Waals surface area contributed by atoms with E-state index in [4.69, 9.17) is 11.6 Å². The van der Waals surface area contributed by atoms with E-state index in [9.17, 15) is 4.79 Å². The van der Waals surface area contributed by atoms with Crippen LogP contribution in [0.4, 0.5) is 11.4 Å². The summed E-state index contributed by atoms with van der Waals surface area (Å²) >= 11 is 6.70. The number of aromatic nitrogens is 1. The van der Waals surface area contributed by atoms with Crippen LogP contribution in [-0.2, 0) is 17.6 Å². The second kappa shape index (κ2) is 9.57. The second-order valence-corrected chi connectivity index (χ2v) is 10.1. The molecule has 3 heterocycles. The van der Waals surface area contributed by atoms with E-state index in [2.05, 4.69) is 64.3 Å². The molecule has 0 bridgehead atoms. The van der Waals surface area contributed by atoms with Crippen LogP contribution in [0, 0.1) is 0 Å². The topological polar surface area (TPSA) is 39.7 Å². The summed E-state index contributed by atoms with van der Waals surface area (Å²) in [5.74, 6) is 0.121. The molecule has 182 valence electrons. The highest BCUT2D eigenvalue weighted by atomic mass is 35.5. The fraction of sp³-hybridized carbons (Fsp3) is 0.267. The maximum atomic E-state index is 13.7. The zero-order valence-corrected chi connectivity index (χ0v) is 21.2. The average molecular weight is 497 g/mol. The number of benzene rings is 3. The summed E-state index contributed by atoms with van der Waals surface area (Å²) in [6, 6.07) is 22.6. The Morgan fingerprint density at radius 1 is 0.889 bits per heavy atom. The molecule has 1 saturated heterocycles. The van der Waals surface area contributed by atoms with Crippen molar-refractivity contribution in [3.63, 3.8) is 0 Å². The number of amides is 1. The maximum absolute atomic E-state index is 13.7. The molecule has 0 N–H and O–H groups in total. The number of anilines is 2. The van der Waals surface area contributed by atoms with Gasteiger partial charge in [-0.15, -0.1) is 0 Å². The normalized spacial score (nSPS) is 15.9. The van der Waals surface area contributed by atoms with E-state index in [-0.39, 0.29) is 5.91 Å². The lowest BCUT2D eigenvalue weighted by molar-refractivity contribution is -0.117. The molecule has 6 heteroatoms. The lowest BCUT2D eigenvalue weighted by Crippen LogP contribution is -2.44. The van der Waals surface area contributed by atoms with Crippen LogP contribution in [0.2, 0.25) is 5.02 Å². The van der Waals surface area contributed by atoms with Gasteiger partial charge in [-0.25, -0.2) is 0 Å². The number of likely N-dealkylation sites (N-methyl/N-ethyl adjacent to an activating group) is 1. The van der Waals surface area contributed by atoms with E-state index in [1.165, 1.54) is 0 Å². The van der Waals surface area contributed by atoms with Gasteiger partial charge in [0, 0.05) is 50.2 Å². The van der Waals surface area contributed by atoms with E-state index in [1.807, 2.05) is 35.4 Å². The first-order chi connectivity index (χ1) is 17.6. The van der Waals surface area contributed by atoms with Crippen molar-refractivity contribution >= 4 is 39.7 Å². The number of rotatable bonds is 4. The smallest absolute Gasteiger partial charge is 0.231 e. The number of carbonyl (C=O) groups is 1. The molecule has 5 nitrogen and oxygen atoms in total. The van der Waals surface area contributed by atoms with Crippen molar-refractivity contribution in [2.24, 2.45) is 0 Å². The number of fused-ring (bicyclic) bond motifs is 2. The molecule has 1 amide bonds. The summed E-state index contributed by atoms with van der Waals surface area (Å²) in [5.41, 5.74) is 6.26. The summed E-state index contributed by atoms with van der Waals surface area (Å²) in [5, 5.41) is 3.00. The highest BCUT2D eigenvalue weighted by molar-refractivity contribution is 6.33. The van der Waals surface area contributed by atoms with E-state index < -0.39 is 0 Å². The van der Waals surface area contributed by atoms with Gasteiger partial charge in [0.05, 0.1) is 22.8 Å². The van der Waals surface area contributed by atoms with Gasteiger partial charge in [0.15, 0.2) is 0 Å². The quantitative estimate of drug-likeness (QED) is 0.377. The first-order valence-corrected chi connectivity index (χ1v) is 12.9. The average Bonchev–Trinajstić information content (AvgIpc) is 3.32. The van der Waals surface area contributed by atoms with Crippen molar-refractivity contribution in [2.75, 3.05) is 49.6 Å². The number of nitrogens with zero attached hydrogens (tertiary/aromatic N) is 4. The van der Waals surface area contributed by atoms with Crippen molar-refractivity contribution in [1.29, 1.82) is 0 Å². The van der Waals surface area contributed by atoms with E-state index >= 15 is 0 Å². The van der Waals surface area contributed by atoms with Crippen LogP contribution >= 0.6 is 11.6 Å². The number of pyridine rings is 1. The van der Waals surface area contributed by atoms with Crippen LogP contribution in [0.25, 0.3) is 22.0 Å². The molecule has 0 radical (unpaired) electrons. The zero-order valence-electron chi connectivity index (χ0n) is 20.5. The third kappa shape index (κ3) is 4.23. The first-order valence-electron chi connectivity index (χ1n) is 12.6. The number of hydrogen-bond donors (Lipinski definition) is 0. The summed E-state index contributed by atoms with van der Waals surface area (Å²) < 4.78 is 0. The number of hydrogen-bond acceptors (Lipinski definition) is 4. The lowest BCUT2D eigenvalue weighted by Gasteiger charge is -2.35. The van der Waals surface area contributed by atoms with Gasteiger partial charge in [-0.1, -0.05) is 54.1 Å². The van der Waals surface area contributed by atoms with Crippen molar-refractivity contribution in [2.45, 2.75) is 12.8 Å². The highest BCUT2D eigenvalue weighted by Crippen LogP contribution is 2.38. The molecule has 4 aromatic rings. The minimum Gasteiger partial charge on any atom is -0.368 e. The van der Waals surface area contributed by atoms with Gasteiger partial charge >= 0.3 is 0 Å². The van der Waals surface area contributed by atoms with Crippen molar-refractivity contribution < 1.29 is 4.79 Å². The summed E-state index contributed by atoms with van der Waals surface area (Å²) in [4.78, 5) is 24.8. The van der Waals surface area contributed by atoms with E-state index in [1.54, 1.807) is 0 Å². The number of piperazine rings is 1. The Morgan fingerprint density at radius 2 is 1.69 bits per heavy atom. The third-order valence-corrected chi connectivity index (χ3v) is 7.79. The van der Waals surface area contributed by atoms with Crippen LogP contribution in [0.5, 0.6) is 0 Å². The third-order valence-electron chi connectivity index (χ3n) is 7.48. The second-order valence-electron chi connectivity index (χ2n) is 9.73. The van der Waals surface area contributed by atoms with Crippen LogP contribution in [0.1, 0.15) is 11.1 Å². The van der Waals surface area contributed by atoms with Crippen LogP contribution < -0.4 is 9.80 Å². The van der Waals surface area contributed by atoms with Gasteiger partial charge in [-0.2, -0.15) is 0 Å². The van der Waals surface area contributed by atoms with Crippen molar-refractivity contribution in [3.8, 4) is 11.3 Å².